The Kier molecular flexibility index (Phi) is 5.96. The number of hydrogen-bond acceptors (Lipinski definition) is 10. The summed E-state index contributed by atoms with van der Waals surface area (Å²) in [5.41, 5.74) is 3.41. The number of ether oxygens (including phenoxy) is 3. The summed E-state index contributed by atoms with van der Waals surface area (Å²) >= 11 is 0. The number of pyridine rings is 1. The van der Waals surface area contributed by atoms with Crippen LogP contribution in [0, 0.1) is 17.8 Å². The molecule has 0 spiro atoms. The lowest BCUT2D eigenvalue weighted by Crippen LogP contribution is -2.38. The van der Waals surface area contributed by atoms with Gasteiger partial charge in [0.25, 0.3) is 5.91 Å². The number of aliphatic imine (C=N–C) groups is 1. The minimum atomic E-state index is -0.288. The molecule has 4 aliphatic heterocycles. The molecule has 194 valence electrons. The molecule has 1 saturated carbocycles. The third-order valence-electron chi connectivity index (χ3n) is 8.21. The van der Waals surface area contributed by atoms with Crippen molar-refractivity contribution < 1.29 is 19.0 Å². The lowest BCUT2D eigenvalue weighted by Gasteiger charge is -2.32. The van der Waals surface area contributed by atoms with Crippen molar-refractivity contribution in [2.24, 2.45) is 22.7 Å². The van der Waals surface area contributed by atoms with E-state index in [1.54, 1.807) is 0 Å². The fourth-order valence-electron chi connectivity index (χ4n) is 6.01. The second kappa shape index (κ2) is 9.60. The van der Waals surface area contributed by atoms with Crippen molar-refractivity contribution in [2.45, 2.75) is 44.4 Å². The number of nitrogens with zero attached hydrogens (tertiary/aromatic N) is 6. The van der Waals surface area contributed by atoms with E-state index in [9.17, 15) is 4.79 Å². The average Bonchev–Trinajstić information content (AvgIpc) is 3.47. The third-order valence-corrected chi connectivity index (χ3v) is 8.21. The summed E-state index contributed by atoms with van der Waals surface area (Å²) in [5.74, 6) is 1.47. The summed E-state index contributed by atoms with van der Waals surface area (Å²) in [4.78, 5) is 38.0. The summed E-state index contributed by atoms with van der Waals surface area (Å²) in [7, 11) is 0. The smallest absolute Gasteiger partial charge is 0.322 e. The predicted molar refractivity (Wildman–Crippen MR) is 133 cm³/mol. The molecule has 1 aliphatic carbocycles. The minimum absolute atomic E-state index is 0.0311. The normalized spacial score (nSPS) is 28.5. The molecule has 0 aromatic carbocycles. The van der Waals surface area contributed by atoms with Gasteiger partial charge in [-0.2, -0.15) is 15.0 Å². The molecule has 2 aromatic rings. The minimum Gasteiger partial charge on any atom is -0.461 e. The largest absolute Gasteiger partial charge is 0.461 e. The van der Waals surface area contributed by atoms with Crippen LogP contribution in [-0.4, -0.2) is 83.2 Å². The number of piperidine rings is 1. The second-order valence-corrected chi connectivity index (χ2v) is 10.5. The SMILES string of the molecule is O=C(NC1[C@H]2COC[C@@H]12)c1nc(OC[C@H]2CCCO2)nc(N2CCC(C3=NCc4ncccc43)CC2)n1. The number of nitrogens with one attached hydrogen (secondary N) is 1. The molecule has 11 nitrogen and oxygen atoms in total. The number of carbonyl (C=O) groups is 1. The maximum Gasteiger partial charge on any atom is 0.322 e. The third kappa shape index (κ3) is 4.54. The van der Waals surface area contributed by atoms with Crippen LogP contribution in [0.1, 0.15) is 47.6 Å². The first kappa shape index (κ1) is 23.0. The van der Waals surface area contributed by atoms with Crippen LogP contribution < -0.4 is 15.0 Å². The molecule has 0 bridgehead atoms. The zero-order valence-corrected chi connectivity index (χ0v) is 20.7. The first-order valence-electron chi connectivity index (χ1n) is 13.4. The average molecular weight is 506 g/mol. The summed E-state index contributed by atoms with van der Waals surface area (Å²) in [6.45, 7) is 4.71. The first-order valence-corrected chi connectivity index (χ1v) is 13.4. The summed E-state index contributed by atoms with van der Waals surface area (Å²) < 4.78 is 17.0. The number of hydrogen-bond donors (Lipinski definition) is 1. The molecule has 1 unspecified atom stereocenters. The summed E-state index contributed by atoms with van der Waals surface area (Å²) in [6.07, 6.45) is 5.70. The molecule has 7 rings (SSSR count). The van der Waals surface area contributed by atoms with Crippen LogP contribution in [0.25, 0.3) is 0 Å². The number of rotatable bonds is 7. The topological polar surface area (TPSA) is 124 Å². The van der Waals surface area contributed by atoms with E-state index in [1.807, 2.05) is 12.3 Å². The van der Waals surface area contributed by atoms with Crippen molar-refractivity contribution in [3.8, 4) is 6.01 Å². The van der Waals surface area contributed by atoms with Gasteiger partial charge in [-0.3, -0.25) is 14.8 Å². The molecule has 3 saturated heterocycles. The van der Waals surface area contributed by atoms with Crippen LogP contribution in [0.4, 0.5) is 5.95 Å². The summed E-state index contributed by atoms with van der Waals surface area (Å²) in [5, 5.41) is 3.09. The molecule has 6 heterocycles. The Labute approximate surface area is 215 Å². The highest BCUT2D eigenvalue weighted by molar-refractivity contribution is 6.04. The van der Waals surface area contributed by atoms with E-state index in [-0.39, 0.29) is 29.9 Å². The highest BCUT2D eigenvalue weighted by Crippen LogP contribution is 2.44. The fraction of sp³-hybridized carbons (Fsp3) is 0.615. The number of fused-ring (bicyclic) bond motifs is 2. The molecule has 11 heteroatoms. The Morgan fingerprint density at radius 3 is 2.81 bits per heavy atom. The molecular weight excluding hydrogens is 474 g/mol. The van der Waals surface area contributed by atoms with Crippen molar-refractivity contribution in [1.29, 1.82) is 0 Å². The lowest BCUT2D eigenvalue weighted by molar-refractivity contribution is 0.0642. The fourth-order valence-corrected chi connectivity index (χ4v) is 6.01. The van der Waals surface area contributed by atoms with Crippen LogP contribution in [0.5, 0.6) is 6.01 Å². The number of amides is 1. The van der Waals surface area contributed by atoms with E-state index in [4.69, 9.17) is 19.2 Å². The zero-order chi connectivity index (χ0) is 24.8. The quantitative estimate of drug-likeness (QED) is 0.595. The van der Waals surface area contributed by atoms with Crippen LogP contribution >= 0.6 is 0 Å². The van der Waals surface area contributed by atoms with E-state index >= 15 is 0 Å². The van der Waals surface area contributed by atoms with Gasteiger partial charge in [0.15, 0.2) is 0 Å². The van der Waals surface area contributed by atoms with Crippen molar-refractivity contribution in [1.82, 2.24) is 25.3 Å². The number of carbonyl (C=O) groups excluding carboxylic acids is 1. The van der Waals surface area contributed by atoms with E-state index in [1.165, 1.54) is 5.56 Å². The van der Waals surface area contributed by atoms with Gasteiger partial charge in [0.1, 0.15) is 6.61 Å². The maximum absolute atomic E-state index is 13.1. The van der Waals surface area contributed by atoms with E-state index in [0.717, 1.165) is 56.8 Å². The molecule has 0 radical (unpaired) electrons. The lowest BCUT2D eigenvalue weighted by atomic mass is 9.88. The van der Waals surface area contributed by atoms with Crippen LogP contribution in [0.15, 0.2) is 23.3 Å². The van der Waals surface area contributed by atoms with Crippen molar-refractivity contribution >= 4 is 17.6 Å². The molecule has 4 atom stereocenters. The van der Waals surface area contributed by atoms with Crippen LogP contribution in [-0.2, 0) is 16.0 Å². The second-order valence-electron chi connectivity index (χ2n) is 10.5. The molecule has 37 heavy (non-hydrogen) atoms. The first-order chi connectivity index (χ1) is 18.2. The van der Waals surface area contributed by atoms with Gasteiger partial charge in [0.2, 0.25) is 11.8 Å². The Bertz CT molecular complexity index is 1200. The molecule has 4 fully saturated rings. The van der Waals surface area contributed by atoms with Gasteiger partial charge in [-0.05, 0) is 37.8 Å². The van der Waals surface area contributed by atoms with Gasteiger partial charge in [0.05, 0.1) is 31.6 Å². The van der Waals surface area contributed by atoms with Gasteiger partial charge >= 0.3 is 6.01 Å². The van der Waals surface area contributed by atoms with Crippen molar-refractivity contribution in [3.63, 3.8) is 0 Å². The Hall–Kier alpha value is -3.18. The van der Waals surface area contributed by atoms with E-state index in [0.29, 0.717) is 50.1 Å². The molecule has 1 amide bonds. The van der Waals surface area contributed by atoms with Gasteiger partial charge in [-0.25, -0.2) is 0 Å². The predicted octanol–water partition coefficient (Wildman–Crippen LogP) is 1.42. The highest BCUT2D eigenvalue weighted by Gasteiger charge is 2.55. The zero-order valence-electron chi connectivity index (χ0n) is 20.7. The number of anilines is 1. The van der Waals surface area contributed by atoms with Crippen LogP contribution in [0.2, 0.25) is 0 Å². The summed E-state index contributed by atoms with van der Waals surface area (Å²) in [6, 6.07) is 4.41. The monoisotopic (exact) mass is 505 g/mol. The molecular formula is C26H31N7O4. The molecule has 2 aromatic heterocycles. The molecule has 5 aliphatic rings. The standard InChI is InChI=1S/C26H31N7O4/c34-24(29-22-18-13-35-14-19(18)22)23-30-25(32-26(31-23)37-12-16-3-2-10-36-16)33-8-5-15(6-9-33)21-17-4-1-7-27-20(17)11-28-21/h1,4,7,15-16,18-19,22H,2-3,5-6,8-14H2,(H,29,34)/t16-,18-,19+,22?/m1/s1. The van der Waals surface area contributed by atoms with Crippen LogP contribution in [0.3, 0.4) is 0 Å². The van der Waals surface area contributed by atoms with Gasteiger partial charge in [-0.1, -0.05) is 0 Å². The Morgan fingerprint density at radius 1 is 1.14 bits per heavy atom. The van der Waals surface area contributed by atoms with Crippen molar-refractivity contribution in [3.05, 3.63) is 35.4 Å². The van der Waals surface area contributed by atoms with E-state index in [2.05, 4.69) is 36.2 Å². The number of aromatic nitrogens is 4. The van der Waals surface area contributed by atoms with Gasteiger partial charge in [0, 0.05) is 61.0 Å². The van der Waals surface area contributed by atoms with Crippen molar-refractivity contribution in [2.75, 3.05) is 44.4 Å². The Balaban J connectivity index is 1.06. The molecule has 1 N–H and O–H groups in total. The van der Waals surface area contributed by atoms with Gasteiger partial charge in [-0.15, -0.1) is 0 Å². The maximum atomic E-state index is 13.1. The van der Waals surface area contributed by atoms with E-state index < -0.39 is 0 Å². The highest BCUT2D eigenvalue weighted by atomic mass is 16.5. The van der Waals surface area contributed by atoms with Gasteiger partial charge < -0.3 is 24.4 Å². The Morgan fingerprint density at radius 2 is 2.00 bits per heavy atom.